The molecule has 0 bridgehead atoms. The number of hydrogen-bond donors (Lipinski definition) is 2. The van der Waals surface area contributed by atoms with Gasteiger partial charge in [-0.15, -0.1) is 0 Å². The van der Waals surface area contributed by atoms with Crippen LogP contribution in [0.2, 0.25) is 0 Å². The SMILES string of the molecule is CCOC(=O)C[C@H](NCCS)C(=O)OCC. The second kappa shape index (κ2) is 9.47. The van der Waals surface area contributed by atoms with Gasteiger partial charge < -0.3 is 14.8 Å². The van der Waals surface area contributed by atoms with E-state index < -0.39 is 18.0 Å². The second-order valence-electron chi connectivity index (χ2n) is 2.99. The zero-order valence-corrected chi connectivity index (χ0v) is 10.6. The van der Waals surface area contributed by atoms with Crippen molar-refractivity contribution in [1.29, 1.82) is 0 Å². The third kappa shape index (κ3) is 6.68. The van der Waals surface area contributed by atoms with Crippen LogP contribution in [0.15, 0.2) is 0 Å². The normalized spacial score (nSPS) is 11.9. The summed E-state index contributed by atoms with van der Waals surface area (Å²) in [6.07, 6.45) is -0.0134. The van der Waals surface area contributed by atoms with E-state index in [1.54, 1.807) is 13.8 Å². The van der Waals surface area contributed by atoms with Gasteiger partial charge in [-0.05, 0) is 13.8 Å². The average Bonchev–Trinajstić information content (AvgIpc) is 2.24. The molecular weight excluding hydrogens is 230 g/mol. The summed E-state index contributed by atoms with van der Waals surface area (Å²) < 4.78 is 9.62. The summed E-state index contributed by atoms with van der Waals surface area (Å²) in [4.78, 5) is 22.7. The van der Waals surface area contributed by atoms with E-state index in [4.69, 9.17) is 9.47 Å². The Balaban J connectivity index is 4.18. The molecule has 6 heteroatoms. The molecule has 0 aliphatic carbocycles. The Labute approximate surface area is 101 Å². The van der Waals surface area contributed by atoms with Gasteiger partial charge in [0.05, 0.1) is 19.6 Å². The lowest BCUT2D eigenvalue weighted by Gasteiger charge is -2.15. The smallest absolute Gasteiger partial charge is 0.323 e. The van der Waals surface area contributed by atoms with Gasteiger partial charge in [0.2, 0.25) is 0 Å². The summed E-state index contributed by atoms with van der Waals surface area (Å²) >= 11 is 4.02. The first kappa shape index (κ1) is 15.2. The summed E-state index contributed by atoms with van der Waals surface area (Å²) in [6.45, 7) is 4.57. The maximum atomic E-state index is 11.5. The summed E-state index contributed by atoms with van der Waals surface area (Å²) in [6, 6.07) is -0.647. The first-order valence-electron chi connectivity index (χ1n) is 5.32. The summed E-state index contributed by atoms with van der Waals surface area (Å²) in [5.74, 6) is -0.261. The number of hydrogen-bond acceptors (Lipinski definition) is 6. The van der Waals surface area contributed by atoms with Crippen LogP contribution in [0.25, 0.3) is 0 Å². The van der Waals surface area contributed by atoms with E-state index in [9.17, 15) is 9.59 Å². The summed E-state index contributed by atoms with van der Waals surface area (Å²) in [7, 11) is 0. The van der Waals surface area contributed by atoms with Crippen molar-refractivity contribution in [3.05, 3.63) is 0 Å². The number of thiol groups is 1. The van der Waals surface area contributed by atoms with Crippen molar-refractivity contribution < 1.29 is 19.1 Å². The molecule has 0 amide bonds. The lowest BCUT2D eigenvalue weighted by atomic mass is 10.2. The zero-order chi connectivity index (χ0) is 12.4. The molecule has 0 aromatic rings. The molecule has 0 aliphatic rings. The fraction of sp³-hybridized carbons (Fsp3) is 0.800. The highest BCUT2D eigenvalue weighted by atomic mass is 32.1. The maximum absolute atomic E-state index is 11.5. The van der Waals surface area contributed by atoms with Crippen molar-refractivity contribution in [3.8, 4) is 0 Å². The monoisotopic (exact) mass is 249 g/mol. The van der Waals surface area contributed by atoms with Gasteiger partial charge in [0.1, 0.15) is 6.04 Å². The van der Waals surface area contributed by atoms with Crippen LogP contribution in [0.4, 0.5) is 0 Å². The Morgan fingerprint density at radius 2 is 1.88 bits per heavy atom. The van der Waals surface area contributed by atoms with E-state index in [0.29, 0.717) is 25.5 Å². The predicted octanol–water partition coefficient (Wildman–Crippen LogP) is 0.391. The highest BCUT2D eigenvalue weighted by molar-refractivity contribution is 7.80. The van der Waals surface area contributed by atoms with Gasteiger partial charge in [-0.25, -0.2) is 0 Å². The number of rotatable bonds is 8. The second-order valence-corrected chi connectivity index (χ2v) is 3.44. The molecule has 0 fully saturated rings. The molecule has 0 spiro atoms. The van der Waals surface area contributed by atoms with E-state index in [-0.39, 0.29) is 6.42 Å². The molecule has 0 rings (SSSR count). The minimum Gasteiger partial charge on any atom is -0.466 e. The van der Waals surface area contributed by atoms with E-state index in [1.807, 2.05) is 0 Å². The minimum atomic E-state index is -0.647. The van der Waals surface area contributed by atoms with Crippen LogP contribution in [0.5, 0.6) is 0 Å². The zero-order valence-electron chi connectivity index (χ0n) is 9.69. The van der Waals surface area contributed by atoms with Crippen molar-refractivity contribution in [3.63, 3.8) is 0 Å². The van der Waals surface area contributed by atoms with Crippen molar-refractivity contribution in [2.24, 2.45) is 0 Å². The van der Waals surface area contributed by atoms with Gasteiger partial charge in [-0.2, -0.15) is 12.6 Å². The lowest BCUT2D eigenvalue weighted by molar-refractivity contribution is -0.152. The van der Waals surface area contributed by atoms with Gasteiger partial charge in [0.25, 0.3) is 0 Å². The Kier molecular flexibility index (Phi) is 9.03. The maximum Gasteiger partial charge on any atom is 0.323 e. The molecule has 5 nitrogen and oxygen atoms in total. The molecule has 0 unspecified atom stereocenters. The Morgan fingerprint density at radius 3 is 2.38 bits per heavy atom. The van der Waals surface area contributed by atoms with Crippen LogP contribution in [0, 0.1) is 0 Å². The number of carbonyl (C=O) groups excluding carboxylic acids is 2. The van der Waals surface area contributed by atoms with E-state index in [2.05, 4.69) is 17.9 Å². The van der Waals surface area contributed by atoms with Gasteiger partial charge in [0.15, 0.2) is 0 Å². The van der Waals surface area contributed by atoms with Gasteiger partial charge in [0, 0.05) is 12.3 Å². The molecule has 0 aliphatic heterocycles. The predicted molar refractivity (Wildman–Crippen MR) is 63.5 cm³/mol. The van der Waals surface area contributed by atoms with E-state index >= 15 is 0 Å². The fourth-order valence-corrected chi connectivity index (χ4v) is 1.24. The van der Waals surface area contributed by atoms with Gasteiger partial charge >= 0.3 is 11.9 Å². The van der Waals surface area contributed by atoms with Crippen LogP contribution in [-0.2, 0) is 19.1 Å². The lowest BCUT2D eigenvalue weighted by Crippen LogP contribution is -2.41. The highest BCUT2D eigenvalue weighted by Crippen LogP contribution is 1.99. The molecule has 0 aromatic heterocycles. The molecule has 0 aromatic carbocycles. The van der Waals surface area contributed by atoms with Crippen molar-refractivity contribution in [1.82, 2.24) is 5.32 Å². The molecule has 0 radical (unpaired) electrons. The highest BCUT2D eigenvalue weighted by Gasteiger charge is 2.22. The summed E-state index contributed by atoms with van der Waals surface area (Å²) in [5.41, 5.74) is 0. The number of carbonyl (C=O) groups is 2. The average molecular weight is 249 g/mol. The third-order valence-corrected chi connectivity index (χ3v) is 1.97. The molecule has 0 saturated carbocycles. The topological polar surface area (TPSA) is 64.6 Å². The van der Waals surface area contributed by atoms with Gasteiger partial charge in [-0.1, -0.05) is 0 Å². The number of ether oxygens (including phenoxy) is 2. The van der Waals surface area contributed by atoms with Crippen molar-refractivity contribution in [2.45, 2.75) is 26.3 Å². The van der Waals surface area contributed by atoms with Crippen LogP contribution in [-0.4, -0.2) is 43.5 Å². The Hall–Kier alpha value is -0.750. The first-order valence-corrected chi connectivity index (χ1v) is 5.95. The molecule has 94 valence electrons. The van der Waals surface area contributed by atoms with E-state index in [0.717, 1.165) is 0 Å². The van der Waals surface area contributed by atoms with Crippen LogP contribution < -0.4 is 5.32 Å². The largest absolute Gasteiger partial charge is 0.466 e. The van der Waals surface area contributed by atoms with Crippen LogP contribution in [0.1, 0.15) is 20.3 Å². The molecule has 1 N–H and O–H groups in total. The van der Waals surface area contributed by atoms with Crippen LogP contribution in [0.3, 0.4) is 0 Å². The van der Waals surface area contributed by atoms with Gasteiger partial charge in [-0.3, -0.25) is 9.59 Å². The summed E-state index contributed by atoms with van der Waals surface area (Å²) in [5, 5.41) is 2.89. The first-order chi connectivity index (χ1) is 7.65. The Morgan fingerprint density at radius 1 is 1.25 bits per heavy atom. The van der Waals surface area contributed by atoms with Crippen molar-refractivity contribution >= 4 is 24.6 Å². The minimum absolute atomic E-state index is 0.0134. The number of esters is 2. The molecule has 0 heterocycles. The standard InChI is InChI=1S/C10H19NO4S/c1-3-14-9(12)7-8(11-5-6-16)10(13)15-4-2/h8,11,16H,3-7H2,1-2H3/t8-/m0/s1. The van der Waals surface area contributed by atoms with Crippen LogP contribution >= 0.6 is 12.6 Å². The quantitative estimate of drug-likeness (QED) is 0.481. The van der Waals surface area contributed by atoms with E-state index in [1.165, 1.54) is 0 Å². The third-order valence-electron chi connectivity index (χ3n) is 1.75. The fourth-order valence-electron chi connectivity index (χ4n) is 1.11. The molecule has 1 atom stereocenters. The molecule has 0 saturated heterocycles. The molecular formula is C10H19NO4S. The number of nitrogens with one attached hydrogen (secondary N) is 1. The Bertz CT molecular complexity index is 223. The van der Waals surface area contributed by atoms with Crippen molar-refractivity contribution in [2.75, 3.05) is 25.5 Å². The molecule has 16 heavy (non-hydrogen) atoms.